The van der Waals surface area contributed by atoms with Gasteiger partial charge in [0.1, 0.15) is 5.75 Å². The zero-order valence-electron chi connectivity index (χ0n) is 11.7. The van der Waals surface area contributed by atoms with Crippen molar-refractivity contribution in [1.29, 1.82) is 0 Å². The zero-order chi connectivity index (χ0) is 14.4. The normalized spacial score (nSPS) is 12.3. The van der Waals surface area contributed by atoms with Gasteiger partial charge in [-0.2, -0.15) is 0 Å². The third kappa shape index (κ3) is 3.83. The molecule has 1 atom stereocenters. The van der Waals surface area contributed by atoms with Gasteiger partial charge in [0.25, 0.3) is 0 Å². The van der Waals surface area contributed by atoms with Crippen LogP contribution in [0.25, 0.3) is 0 Å². The molecule has 1 unspecified atom stereocenters. The molecule has 2 aromatic carbocycles. The highest BCUT2D eigenvalue weighted by Crippen LogP contribution is 2.16. The molecule has 3 nitrogen and oxygen atoms in total. The number of aliphatic hydroxyl groups is 1. The fraction of sp³-hybridized carbons (Fsp3) is 0.294. The molecule has 3 heteroatoms. The average molecular weight is 271 g/mol. The third-order valence-corrected chi connectivity index (χ3v) is 3.44. The van der Waals surface area contributed by atoms with Gasteiger partial charge < -0.3 is 15.5 Å². The van der Waals surface area contributed by atoms with E-state index >= 15 is 0 Å². The molecular formula is C17H21NO2. The van der Waals surface area contributed by atoms with Crippen molar-refractivity contribution in [3.05, 3.63) is 65.2 Å². The lowest BCUT2D eigenvalue weighted by molar-refractivity contribution is 0.243. The van der Waals surface area contributed by atoms with Crippen molar-refractivity contribution in [1.82, 2.24) is 5.32 Å². The first-order chi connectivity index (χ1) is 9.72. The Balaban J connectivity index is 2.01. The molecule has 0 radical (unpaired) electrons. The summed E-state index contributed by atoms with van der Waals surface area (Å²) in [6.45, 7) is 2.78. The minimum absolute atomic E-state index is 0.0459. The molecule has 0 saturated carbocycles. The van der Waals surface area contributed by atoms with Gasteiger partial charge in [-0.15, -0.1) is 0 Å². The molecule has 0 heterocycles. The minimum atomic E-state index is -0.0942. The number of phenols is 1. The maximum atomic E-state index is 9.53. The summed E-state index contributed by atoms with van der Waals surface area (Å²) in [4.78, 5) is 0. The topological polar surface area (TPSA) is 52.5 Å². The zero-order valence-corrected chi connectivity index (χ0v) is 11.7. The van der Waals surface area contributed by atoms with Crippen LogP contribution in [0.15, 0.2) is 48.5 Å². The van der Waals surface area contributed by atoms with E-state index in [4.69, 9.17) is 0 Å². The van der Waals surface area contributed by atoms with Crippen LogP contribution >= 0.6 is 0 Å². The van der Waals surface area contributed by atoms with E-state index < -0.39 is 0 Å². The second-order valence-corrected chi connectivity index (χ2v) is 4.88. The molecular weight excluding hydrogens is 250 g/mol. The molecule has 0 aliphatic rings. The molecule has 0 fully saturated rings. The van der Waals surface area contributed by atoms with Crippen LogP contribution in [0, 0.1) is 0 Å². The Hall–Kier alpha value is -1.84. The Morgan fingerprint density at radius 3 is 2.40 bits per heavy atom. The molecule has 3 N–H and O–H groups in total. The third-order valence-electron chi connectivity index (χ3n) is 3.44. The van der Waals surface area contributed by atoms with Gasteiger partial charge in [-0.25, -0.2) is 0 Å². The summed E-state index contributed by atoms with van der Waals surface area (Å²) in [7, 11) is 0. The van der Waals surface area contributed by atoms with Crippen molar-refractivity contribution in [3.63, 3.8) is 0 Å². The van der Waals surface area contributed by atoms with E-state index in [1.165, 1.54) is 5.56 Å². The summed E-state index contributed by atoms with van der Waals surface area (Å²) in [5.74, 6) is 0.261. The van der Waals surface area contributed by atoms with Crippen molar-refractivity contribution in [2.75, 3.05) is 6.61 Å². The number of phenolic OH excluding ortho intramolecular Hbond substituents is 1. The standard InChI is InChI=1S/C17H21NO2/c1-2-13-6-8-15(9-7-13)17(12-19)18-11-14-4-3-5-16(20)10-14/h3-10,17-20H,2,11-12H2,1H3. The van der Waals surface area contributed by atoms with Gasteiger partial charge >= 0.3 is 0 Å². The second kappa shape index (κ2) is 7.08. The van der Waals surface area contributed by atoms with E-state index in [1.807, 2.05) is 12.1 Å². The highest BCUT2D eigenvalue weighted by molar-refractivity contribution is 5.28. The summed E-state index contributed by atoms with van der Waals surface area (Å²) >= 11 is 0. The summed E-state index contributed by atoms with van der Waals surface area (Å²) in [6.07, 6.45) is 1.01. The van der Waals surface area contributed by atoms with Crippen LogP contribution in [-0.2, 0) is 13.0 Å². The minimum Gasteiger partial charge on any atom is -0.508 e. The molecule has 2 aromatic rings. The number of aryl methyl sites for hydroxylation is 1. The first-order valence-electron chi connectivity index (χ1n) is 6.94. The van der Waals surface area contributed by atoms with Crippen molar-refractivity contribution < 1.29 is 10.2 Å². The Morgan fingerprint density at radius 1 is 1.05 bits per heavy atom. The first-order valence-corrected chi connectivity index (χ1v) is 6.94. The van der Waals surface area contributed by atoms with Gasteiger partial charge in [-0.1, -0.05) is 43.3 Å². The maximum Gasteiger partial charge on any atom is 0.115 e. The average Bonchev–Trinajstić information content (AvgIpc) is 2.48. The smallest absolute Gasteiger partial charge is 0.115 e. The monoisotopic (exact) mass is 271 g/mol. The number of hydrogen-bond acceptors (Lipinski definition) is 3. The molecule has 20 heavy (non-hydrogen) atoms. The molecule has 0 aliphatic heterocycles. The Kier molecular flexibility index (Phi) is 5.16. The molecule has 0 saturated heterocycles. The fourth-order valence-corrected chi connectivity index (χ4v) is 2.18. The molecule has 106 valence electrons. The SMILES string of the molecule is CCc1ccc(C(CO)NCc2cccc(O)c2)cc1. The predicted molar refractivity (Wildman–Crippen MR) is 80.6 cm³/mol. The van der Waals surface area contributed by atoms with Crippen molar-refractivity contribution >= 4 is 0 Å². The van der Waals surface area contributed by atoms with Crippen LogP contribution in [0.2, 0.25) is 0 Å². The van der Waals surface area contributed by atoms with E-state index in [2.05, 4.69) is 36.5 Å². The molecule has 0 amide bonds. The lowest BCUT2D eigenvalue weighted by Gasteiger charge is -2.17. The Labute approximate surface area is 119 Å². The van der Waals surface area contributed by atoms with E-state index in [1.54, 1.807) is 12.1 Å². The summed E-state index contributed by atoms with van der Waals surface area (Å²) in [6, 6.07) is 15.3. The molecule has 0 aliphatic carbocycles. The van der Waals surface area contributed by atoms with E-state index in [0.717, 1.165) is 17.5 Å². The quantitative estimate of drug-likeness (QED) is 0.757. The predicted octanol–water partition coefficient (Wildman–Crippen LogP) is 2.78. The van der Waals surface area contributed by atoms with Gasteiger partial charge in [-0.05, 0) is 35.2 Å². The van der Waals surface area contributed by atoms with Crippen LogP contribution in [-0.4, -0.2) is 16.8 Å². The fourth-order valence-electron chi connectivity index (χ4n) is 2.18. The van der Waals surface area contributed by atoms with Gasteiger partial charge in [0.05, 0.1) is 12.6 Å². The lowest BCUT2D eigenvalue weighted by Crippen LogP contribution is -2.23. The van der Waals surface area contributed by atoms with Crippen LogP contribution in [0.4, 0.5) is 0 Å². The summed E-state index contributed by atoms with van der Waals surface area (Å²) < 4.78 is 0. The summed E-state index contributed by atoms with van der Waals surface area (Å²) in [5.41, 5.74) is 3.36. The Bertz CT molecular complexity index is 537. The number of benzene rings is 2. The van der Waals surface area contributed by atoms with Crippen LogP contribution in [0.3, 0.4) is 0 Å². The molecule has 0 aromatic heterocycles. The second-order valence-electron chi connectivity index (χ2n) is 4.88. The van der Waals surface area contributed by atoms with Gasteiger partial charge in [0.2, 0.25) is 0 Å². The first kappa shape index (κ1) is 14.6. The van der Waals surface area contributed by atoms with E-state index in [9.17, 15) is 10.2 Å². The number of aromatic hydroxyl groups is 1. The molecule has 2 rings (SSSR count). The summed E-state index contributed by atoms with van der Waals surface area (Å²) in [5, 5.41) is 22.3. The van der Waals surface area contributed by atoms with Crippen LogP contribution in [0.1, 0.15) is 29.7 Å². The molecule has 0 spiro atoms. The number of rotatable bonds is 6. The highest BCUT2D eigenvalue weighted by atomic mass is 16.3. The maximum absolute atomic E-state index is 9.53. The van der Waals surface area contributed by atoms with Gasteiger partial charge in [0.15, 0.2) is 0 Å². The van der Waals surface area contributed by atoms with Crippen molar-refractivity contribution in [2.45, 2.75) is 25.9 Å². The van der Waals surface area contributed by atoms with Crippen LogP contribution < -0.4 is 5.32 Å². The van der Waals surface area contributed by atoms with E-state index in [0.29, 0.717) is 6.54 Å². The van der Waals surface area contributed by atoms with Crippen LogP contribution in [0.5, 0.6) is 5.75 Å². The van der Waals surface area contributed by atoms with E-state index in [-0.39, 0.29) is 18.4 Å². The highest BCUT2D eigenvalue weighted by Gasteiger charge is 2.09. The van der Waals surface area contributed by atoms with Crippen molar-refractivity contribution in [2.24, 2.45) is 0 Å². The number of nitrogens with one attached hydrogen (secondary N) is 1. The molecule has 0 bridgehead atoms. The number of hydrogen-bond donors (Lipinski definition) is 3. The van der Waals surface area contributed by atoms with Gasteiger partial charge in [-0.3, -0.25) is 0 Å². The lowest BCUT2D eigenvalue weighted by atomic mass is 10.0. The van der Waals surface area contributed by atoms with Crippen molar-refractivity contribution in [3.8, 4) is 5.75 Å². The largest absolute Gasteiger partial charge is 0.508 e. The van der Waals surface area contributed by atoms with Gasteiger partial charge in [0, 0.05) is 6.54 Å². The Morgan fingerprint density at radius 2 is 1.80 bits per heavy atom. The number of aliphatic hydroxyl groups excluding tert-OH is 1.